The SMILES string of the molecule is COC(=O)c1c(C(F)(F)F)[nH]c2c(O)cc3c(c12)[C@H](CCl)CN3C(=O)/C=C/c1cccc(/C=C/C(=O)N2C[C@@H](CCl)c3c2cc(O)c2[nH]c(C(F)(F)F)c(C(=O)OC)c32)c1. The third-order valence-corrected chi connectivity index (χ3v) is 11.1. The Morgan fingerprint density at radius 3 is 1.43 bits per heavy atom. The van der Waals surface area contributed by atoms with Gasteiger partial charge in [0.1, 0.15) is 22.9 Å². The first kappa shape index (κ1) is 42.0. The molecule has 0 unspecified atom stereocenters. The van der Waals surface area contributed by atoms with Crippen LogP contribution in [0, 0.1) is 0 Å². The number of phenolic OH excluding ortho intramolecular Hbond substituents is 2. The third kappa shape index (κ3) is 7.06. The van der Waals surface area contributed by atoms with Gasteiger partial charge in [-0.15, -0.1) is 23.2 Å². The van der Waals surface area contributed by atoms with Gasteiger partial charge >= 0.3 is 24.3 Å². The van der Waals surface area contributed by atoms with E-state index in [0.29, 0.717) is 11.1 Å². The number of ether oxygens (including phenoxy) is 2. The molecular weight excluding hydrogens is 849 g/mol. The quantitative estimate of drug-likeness (QED) is 0.0522. The van der Waals surface area contributed by atoms with Crippen LogP contribution in [-0.4, -0.2) is 83.0 Å². The Balaban J connectivity index is 1.16. The van der Waals surface area contributed by atoms with Crippen LogP contribution in [0.4, 0.5) is 37.7 Å². The summed E-state index contributed by atoms with van der Waals surface area (Å²) in [4.78, 5) is 59.2. The number of hydrogen-bond acceptors (Lipinski definition) is 8. The first-order valence-corrected chi connectivity index (χ1v) is 18.8. The van der Waals surface area contributed by atoms with Crippen LogP contribution < -0.4 is 9.80 Å². The summed E-state index contributed by atoms with van der Waals surface area (Å²) in [5, 5.41) is 21.1. The molecule has 0 spiro atoms. The highest BCUT2D eigenvalue weighted by Crippen LogP contribution is 2.51. The topological polar surface area (TPSA) is 165 Å². The molecule has 2 atom stereocenters. The molecule has 12 nitrogen and oxygen atoms in total. The number of fused-ring (bicyclic) bond motifs is 6. The molecule has 4 heterocycles. The van der Waals surface area contributed by atoms with Crippen molar-refractivity contribution >= 4 is 92.3 Å². The zero-order valence-corrected chi connectivity index (χ0v) is 32.5. The Morgan fingerprint density at radius 1 is 0.717 bits per heavy atom. The summed E-state index contributed by atoms with van der Waals surface area (Å²) in [7, 11) is 1.82. The fraction of sp³-hybridized carbons (Fsp3) is 0.250. The largest absolute Gasteiger partial charge is 0.506 e. The lowest BCUT2D eigenvalue weighted by Crippen LogP contribution is -2.28. The van der Waals surface area contributed by atoms with E-state index in [0.717, 1.165) is 26.4 Å². The molecule has 20 heteroatoms. The smallest absolute Gasteiger partial charge is 0.432 e. The number of nitrogens with zero attached hydrogens (tertiary/aromatic N) is 2. The Kier molecular flexibility index (Phi) is 10.8. The summed E-state index contributed by atoms with van der Waals surface area (Å²) >= 11 is 12.5. The van der Waals surface area contributed by atoms with Crippen LogP contribution in [0.15, 0.2) is 48.6 Å². The molecule has 2 aromatic heterocycles. The molecule has 0 aliphatic carbocycles. The third-order valence-electron chi connectivity index (χ3n) is 10.4. The summed E-state index contributed by atoms with van der Waals surface area (Å²) in [5.74, 6) is -6.97. The van der Waals surface area contributed by atoms with Gasteiger partial charge in [-0.25, -0.2) is 9.59 Å². The van der Waals surface area contributed by atoms with Crippen molar-refractivity contribution in [3.05, 3.63) is 93.3 Å². The van der Waals surface area contributed by atoms with E-state index >= 15 is 0 Å². The zero-order valence-electron chi connectivity index (χ0n) is 31.0. The van der Waals surface area contributed by atoms with Crippen molar-refractivity contribution in [2.24, 2.45) is 0 Å². The number of nitrogens with one attached hydrogen (secondary N) is 2. The lowest BCUT2D eigenvalue weighted by Gasteiger charge is -2.16. The van der Waals surface area contributed by atoms with Crippen molar-refractivity contribution in [1.29, 1.82) is 0 Å². The number of phenols is 2. The number of aromatic amines is 2. The van der Waals surface area contributed by atoms with Crippen molar-refractivity contribution in [3.63, 3.8) is 0 Å². The van der Waals surface area contributed by atoms with Crippen molar-refractivity contribution in [2.75, 3.05) is 48.9 Å². The van der Waals surface area contributed by atoms with Crippen LogP contribution in [0.2, 0.25) is 0 Å². The fourth-order valence-corrected chi connectivity index (χ4v) is 8.32. The van der Waals surface area contributed by atoms with Crippen LogP contribution in [0.5, 0.6) is 11.5 Å². The zero-order chi connectivity index (χ0) is 43.6. The number of methoxy groups -OCH3 is 2. The molecule has 3 aromatic carbocycles. The number of halogens is 8. The average molecular weight is 880 g/mol. The number of aromatic nitrogens is 2. The normalized spacial score (nSPS) is 16.7. The first-order chi connectivity index (χ1) is 28.3. The fourth-order valence-electron chi connectivity index (χ4n) is 7.82. The summed E-state index contributed by atoms with van der Waals surface area (Å²) in [5.41, 5.74) is -4.00. The molecule has 60 heavy (non-hydrogen) atoms. The number of rotatable bonds is 8. The number of benzene rings is 3. The second-order valence-corrected chi connectivity index (χ2v) is 14.4. The van der Waals surface area contributed by atoms with Crippen molar-refractivity contribution in [2.45, 2.75) is 24.2 Å². The van der Waals surface area contributed by atoms with E-state index in [4.69, 9.17) is 23.2 Å². The number of alkyl halides is 8. The summed E-state index contributed by atoms with van der Waals surface area (Å²) in [6.07, 6.45) is -4.81. The molecule has 0 fully saturated rings. The van der Waals surface area contributed by atoms with Crippen LogP contribution in [-0.2, 0) is 31.4 Å². The van der Waals surface area contributed by atoms with Gasteiger partial charge in [0, 0.05) is 71.7 Å². The van der Waals surface area contributed by atoms with Crippen molar-refractivity contribution < 1.29 is 65.2 Å². The number of carbonyl (C=O) groups excluding carboxylic acids is 4. The highest BCUT2D eigenvalue weighted by molar-refractivity contribution is 6.21. The van der Waals surface area contributed by atoms with E-state index < -0.39 is 82.0 Å². The van der Waals surface area contributed by atoms with Gasteiger partial charge in [-0.3, -0.25) is 9.59 Å². The predicted octanol–water partition coefficient (Wildman–Crippen LogP) is 8.44. The van der Waals surface area contributed by atoms with Crippen LogP contribution in [0.25, 0.3) is 34.0 Å². The van der Waals surface area contributed by atoms with E-state index in [-0.39, 0.29) is 69.2 Å². The standard InChI is InChI=1S/C40H30Cl2F6N4O8/c1-59-37(57)31-29-27-19(13-41)15-51(21(27)11-23(53)33(29)49-35(31)39(43,44)45)25(55)8-6-17-4-3-5-18(10-17)7-9-26(56)52-16-20(14-42)28-22(52)12-24(54)34-30(28)32(38(58)60-2)36(50-34)40(46,47)48/h3-12,19-20,49-50,53-54H,13-16H2,1-2H3/b8-6+,9-7+/t19-,20-/m1/s1. The van der Waals surface area contributed by atoms with Gasteiger partial charge in [-0.2, -0.15) is 26.3 Å². The maximum absolute atomic E-state index is 14.0. The molecule has 2 aliphatic heterocycles. The molecular formula is C40H30Cl2F6N4O8. The minimum atomic E-state index is -5.02. The molecule has 2 amide bonds. The summed E-state index contributed by atoms with van der Waals surface area (Å²) in [6.45, 7) is -0.187. The molecule has 314 valence electrons. The Hall–Kier alpha value is -6.14. The van der Waals surface area contributed by atoms with Crippen LogP contribution >= 0.6 is 23.2 Å². The van der Waals surface area contributed by atoms with Gasteiger partial charge < -0.3 is 39.5 Å². The highest BCUT2D eigenvalue weighted by atomic mass is 35.5. The monoisotopic (exact) mass is 878 g/mol. The summed E-state index contributed by atoms with van der Waals surface area (Å²) < 4.78 is 93.4. The highest BCUT2D eigenvalue weighted by Gasteiger charge is 2.45. The number of esters is 2. The maximum Gasteiger partial charge on any atom is 0.432 e. The van der Waals surface area contributed by atoms with Crippen LogP contribution in [0.3, 0.4) is 0 Å². The predicted molar refractivity (Wildman–Crippen MR) is 209 cm³/mol. The Labute approximate surface area is 344 Å². The lowest BCUT2D eigenvalue weighted by molar-refractivity contribution is -0.141. The van der Waals surface area contributed by atoms with Gasteiger partial charge in [-0.1, -0.05) is 18.2 Å². The molecule has 7 rings (SSSR count). The number of amides is 2. The van der Waals surface area contributed by atoms with Crippen molar-refractivity contribution in [1.82, 2.24) is 9.97 Å². The minimum absolute atomic E-state index is 0.0427. The van der Waals surface area contributed by atoms with E-state index in [1.54, 1.807) is 24.3 Å². The van der Waals surface area contributed by atoms with E-state index in [1.165, 1.54) is 34.1 Å². The van der Waals surface area contributed by atoms with E-state index in [9.17, 15) is 55.7 Å². The van der Waals surface area contributed by atoms with Gasteiger partial charge in [0.2, 0.25) is 0 Å². The molecule has 0 bridgehead atoms. The maximum atomic E-state index is 14.0. The van der Waals surface area contributed by atoms with Crippen molar-refractivity contribution in [3.8, 4) is 11.5 Å². The van der Waals surface area contributed by atoms with Crippen LogP contribution in [0.1, 0.15) is 66.2 Å². The second kappa shape index (κ2) is 15.5. The number of anilines is 2. The Morgan fingerprint density at radius 2 is 1.10 bits per heavy atom. The van der Waals surface area contributed by atoms with Gasteiger partial charge in [0.05, 0.1) is 47.8 Å². The number of carbonyl (C=O) groups is 4. The molecule has 2 aliphatic rings. The Bertz CT molecular complexity index is 2510. The van der Waals surface area contributed by atoms with E-state index in [1.807, 2.05) is 0 Å². The average Bonchev–Trinajstić information content (AvgIpc) is 3.99. The molecule has 0 saturated heterocycles. The second-order valence-electron chi connectivity index (χ2n) is 13.8. The van der Waals surface area contributed by atoms with Gasteiger partial charge in [-0.05, 0) is 40.5 Å². The van der Waals surface area contributed by atoms with Gasteiger partial charge in [0.25, 0.3) is 11.8 Å². The number of H-pyrrole nitrogens is 2. The number of aromatic hydroxyl groups is 2. The van der Waals surface area contributed by atoms with E-state index in [2.05, 4.69) is 19.4 Å². The van der Waals surface area contributed by atoms with Gasteiger partial charge in [0.15, 0.2) is 0 Å². The number of hydrogen-bond donors (Lipinski definition) is 4. The molecule has 5 aromatic rings. The minimum Gasteiger partial charge on any atom is -0.506 e. The lowest BCUT2D eigenvalue weighted by atomic mass is 9.95. The first-order valence-electron chi connectivity index (χ1n) is 17.7. The molecule has 0 saturated carbocycles. The molecule has 4 N–H and O–H groups in total. The summed E-state index contributed by atoms with van der Waals surface area (Å²) in [6, 6.07) is 8.74. The molecule has 0 radical (unpaired) electrons.